The van der Waals surface area contributed by atoms with E-state index in [1.807, 2.05) is 48.5 Å². The van der Waals surface area contributed by atoms with Gasteiger partial charge >= 0.3 is 5.97 Å². The van der Waals surface area contributed by atoms with Crippen LogP contribution in [0.1, 0.15) is 48.2 Å². The Morgan fingerprint density at radius 3 is 2.12 bits per heavy atom. The van der Waals surface area contributed by atoms with Gasteiger partial charge in [0.25, 0.3) is 5.91 Å². The third-order valence-electron chi connectivity index (χ3n) is 9.27. The van der Waals surface area contributed by atoms with E-state index in [2.05, 4.69) is 17.1 Å². The minimum Gasteiger partial charge on any atom is -0.479 e. The van der Waals surface area contributed by atoms with Gasteiger partial charge in [-0.25, -0.2) is 9.86 Å². The lowest BCUT2D eigenvalue weighted by molar-refractivity contribution is -0.159. The third-order valence-corrected chi connectivity index (χ3v) is 9.52. The normalized spacial score (nSPS) is 22.7. The van der Waals surface area contributed by atoms with Crippen LogP contribution in [0.15, 0.2) is 90.6 Å². The van der Waals surface area contributed by atoms with Crippen LogP contribution in [-0.2, 0) is 19.2 Å². The van der Waals surface area contributed by atoms with Crippen LogP contribution in [0.5, 0.6) is 0 Å². The molecule has 2 aliphatic carbocycles. The monoisotopic (exact) mass is 670 g/mol. The molecule has 0 unspecified atom stereocenters. The zero-order valence-electron chi connectivity index (χ0n) is 26.4. The highest BCUT2D eigenvalue weighted by Crippen LogP contribution is 2.45. The third kappa shape index (κ3) is 5.84. The molecule has 0 aromatic heterocycles. The summed E-state index contributed by atoms with van der Waals surface area (Å²) in [4.78, 5) is 60.8. The number of hydrogen-bond acceptors (Lipinski definition) is 7. The van der Waals surface area contributed by atoms with E-state index >= 15 is 0 Å². The largest absolute Gasteiger partial charge is 0.479 e. The fraction of sp³-hybridized carbons (Fsp3) is 0.306. The number of likely N-dealkylation sites (tertiary alicyclic amines) is 1. The van der Waals surface area contributed by atoms with Crippen molar-refractivity contribution < 1.29 is 34.3 Å². The summed E-state index contributed by atoms with van der Waals surface area (Å²) in [6.07, 6.45) is 0.873. The van der Waals surface area contributed by atoms with Gasteiger partial charge in [0, 0.05) is 34.1 Å². The van der Waals surface area contributed by atoms with Crippen LogP contribution < -0.4 is 5.32 Å². The fourth-order valence-electron chi connectivity index (χ4n) is 6.60. The highest BCUT2D eigenvalue weighted by atomic mass is 35.5. The zero-order valence-corrected chi connectivity index (χ0v) is 27.1. The van der Waals surface area contributed by atoms with Crippen LogP contribution in [-0.4, -0.2) is 80.0 Å². The van der Waals surface area contributed by atoms with Crippen molar-refractivity contribution in [2.45, 2.75) is 50.4 Å². The van der Waals surface area contributed by atoms with Gasteiger partial charge in [0.15, 0.2) is 0 Å². The summed E-state index contributed by atoms with van der Waals surface area (Å²) in [5.41, 5.74) is 2.95. The molecule has 12 heteroatoms. The van der Waals surface area contributed by atoms with Crippen molar-refractivity contribution in [1.82, 2.24) is 15.3 Å². The van der Waals surface area contributed by atoms with Crippen LogP contribution in [0.2, 0.25) is 5.02 Å². The first kappa shape index (κ1) is 32.9. The number of carboxylic acids is 1. The van der Waals surface area contributed by atoms with Crippen molar-refractivity contribution in [3.05, 3.63) is 107 Å². The van der Waals surface area contributed by atoms with E-state index in [4.69, 9.17) is 16.4 Å². The van der Waals surface area contributed by atoms with Crippen molar-refractivity contribution >= 4 is 41.0 Å². The van der Waals surface area contributed by atoms with Gasteiger partial charge in [0.05, 0.1) is 6.54 Å². The number of amides is 3. The number of benzene rings is 3. The van der Waals surface area contributed by atoms with Gasteiger partial charge < -0.3 is 20.2 Å². The molecule has 1 heterocycles. The summed E-state index contributed by atoms with van der Waals surface area (Å²) in [5, 5.41) is 29.0. The number of halogens is 1. The standard InChI is InChI=1S/C36H35ClN4O7/c1-4-22-18-36(22,35(45)46)38-32(42)29-17-24(48-39-30-27-11-7-5-9-25(27)26-10-6-8-12-28(26)30)19-40(29)34(44)31(20(2)3)41(47)33(43)21-13-15-23(37)16-14-21/h4-16,20,22,24,29,31,47H,1,17-19H2,2-3H3,(H,38,42)(H,45,46)/t22-,24-,29+,31-,36+/m1/s1. The van der Waals surface area contributed by atoms with Crippen LogP contribution in [0, 0.1) is 11.8 Å². The number of oxime groups is 1. The van der Waals surface area contributed by atoms with Crippen molar-refractivity contribution in [2.75, 3.05) is 6.54 Å². The summed E-state index contributed by atoms with van der Waals surface area (Å²) in [6.45, 7) is 6.91. The number of aliphatic carboxylic acids is 1. The van der Waals surface area contributed by atoms with Crippen molar-refractivity contribution in [1.29, 1.82) is 0 Å². The lowest BCUT2D eigenvalue weighted by atomic mass is 10.0. The molecule has 1 saturated carbocycles. The van der Waals surface area contributed by atoms with Crippen molar-refractivity contribution in [3.8, 4) is 11.1 Å². The lowest BCUT2D eigenvalue weighted by Gasteiger charge is -2.34. The summed E-state index contributed by atoms with van der Waals surface area (Å²) in [5.74, 6) is -4.48. The molecule has 0 bridgehead atoms. The Bertz CT molecular complexity index is 1780. The number of rotatable bonds is 10. The molecule has 3 amide bonds. The Labute approximate surface area is 282 Å². The summed E-state index contributed by atoms with van der Waals surface area (Å²) >= 11 is 5.96. The number of nitrogens with one attached hydrogen (secondary N) is 1. The fourth-order valence-corrected chi connectivity index (χ4v) is 6.72. The minimum atomic E-state index is -1.53. The first-order valence-electron chi connectivity index (χ1n) is 15.7. The summed E-state index contributed by atoms with van der Waals surface area (Å²) in [7, 11) is 0. The summed E-state index contributed by atoms with van der Waals surface area (Å²) < 4.78 is 0. The van der Waals surface area contributed by atoms with E-state index in [0.717, 1.165) is 22.3 Å². The van der Waals surface area contributed by atoms with Gasteiger partial charge in [0.1, 0.15) is 29.4 Å². The van der Waals surface area contributed by atoms with Crippen LogP contribution in [0.3, 0.4) is 0 Å². The maximum absolute atomic E-state index is 14.2. The lowest BCUT2D eigenvalue weighted by Crippen LogP contribution is -2.57. The number of carbonyl (C=O) groups excluding carboxylic acids is 3. The van der Waals surface area contributed by atoms with Crippen LogP contribution in [0.25, 0.3) is 11.1 Å². The van der Waals surface area contributed by atoms with E-state index in [-0.39, 0.29) is 24.9 Å². The molecular formula is C36H35ClN4O7. The van der Waals surface area contributed by atoms with E-state index in [1.165, 1.54) is 35.2 Å². The molecule has 1 saturated heterocycles. The number of carboxylic acid groups (broad SMARTS) is 1. The average Bonchev–Trinajstić information content (AvgIpc) is 3.47. The molecule has 248 valence electrons. The van der Waals surface area contributed by atoms with Crippen LogP contribution in [0.4, 0.5) is 0 Å². The van der Waals surface area contributed by atoms with Gasteiger partial charge in [0.2, 0.25) is 11.8 Å². The number of nitrogens with zero attached hydrogens (tertiary/aromatic N) is 3. The van der Waals surface area contributed by atoms with Gasteiger partial charge in [-0.05, 0) is 47.7 Å². The SMILES string of the molecule is C=C[C@@H]1C[C@@]1(NC(=O)[C@@H]1C[C@@H](ON=C2c3ccccc3-c3ccccc32)CN1C(=O)[C@@H](C(C)C)N(O)C(=O)c1ccc(Cl)cc1)C(=O)O. The molecule has 3 aliphatic rings. The molecule has 5 atom stereocenters. The molecule has 3 aromatic rings. The second kappa shape index (κ2) is 12.9. The molecule has 6 rings (SSSR count). The zero-order chi connectivity index (χ0) is 34.3. The van der Waals surface area contributed by atoms with Gasteiger partial charge in [-0.3, -0.25) is 19.6 Å². The number of carbonyl (C=O) groups is 4. The highest BCUT2D eigenvalue weighted by Gasteiger charge is 2.61. The first-order valence-corrected chi connectivity index (χ1v) is 16.0. The Balaban J connectivity index is 1.29. The van der Waals surface area contributed by atoms with E-state index in [9.17, 15) is 29.5 Å². The molecule has 0 radical (unpaired) electrons. The van der Waals surface area contributed by atoms with Crippen molar-refractivity contribution in [2.24, 2.45) is 17.0 Å². The predicted octanol–water partition coefficient (Wildman–Crippen LogP) is 4.76. The number of hydroxylamine groups is 2. The quantitative estimate of drug-likeness (QED) is 0.125. The molecule has 48 heavy (non-hydrogen) atoms. The predicted molar refractivity (Wildman–Crippen MR) is 177 cm³/mol. The second-order valence-electron chi connectivity index (χ2n) is 12.7. The summed E-state index contributed by atoms with van der Waals surface area (Å²) in [6, 6.07) is 18.9. The maximum atomic E-state index is 14.2. The molecule has 0 spiro atoms. The first-order chi connectivity index (χ1) is 23.0. The molecular weight excluding hydrogens is 636 g/mol. The number of hydrogen-bond donors (Lipinski definition) is 3. The minimum absolute atomic E-state index is 0.00647. The molecule has 11 nitrogen and oxygen atoms in total. The Morgan fingerprint density at radius 1 is 1.02 bits per heavy atom. The Hall–Kier alpha value is -5.00. The van der Waals surface area contributed by atoms with Crippen molar-refractivity contribution in [3.63, 3.8) is 0 Å². The van der Waals surface area contributed by atoms with E-state index in [0.29, 0.717) is 15.8 Å². The number of fused-ring (bicyclic) bond motifs is 3. The molecule has 1 aliphatic heterocycles. The highest BCUT2D eigenvalue weighted by molar-refractivity contribution is 6.30. The topological polar surface area (TPSA) is 149 Å². The maximum Gasteiger partial charge on any atom is 0.330 e. The Morgan fingerprint density at radius 2 is 1.60 bits per heavy atom. The van der Waals surface area contributed by atoms with E-state index in [1.54, 1.807) is 13.8 Å². The molecule has 2 fully saturated rings. The van der Waals surface area contributed by atoms with Crippen LogP contribution >= 0.6 is 11.6 Å². The molecule has 3 N–H and O–H groups in total. The van der Waals surface area contributed by atoms with Gasteiger partial charge in [-0.15, -0.1) is 6.58 Å². The van der Waals surface area contributed by atoms with Gasteiger partial charge in [-0.2, -0.15) is 0 Å². The van der Waals surface area contributed by atoms with E-state index < -0.39 is 59.3 Å². The Kier molecular flexibility index (Phi) is 8.84. The van der Waals surface area contributed by atoms with Gasteiger partial charge in [-0.1, -0.05) is 85.2 Å². The molecule has 3 aromatic carbocycles. The average molecular weight is 671 g/mol. The smallest absolute Gasteiger partial charge is 0.330 e. The second-order valence-corrected chi connectivity index (χ2v) is 13.1.